The summed E-state index contributed by atoms with van der Waals surface area (Å²) in [6, 6.07) is 5.76. The Kier molecular flexibility index (Phi) is 5.14. The molecule has 0 saturated heterocycles. The maximum absolute atomic E-state index is 7.47. The summed E-state index contributed by atoms with van der Waals surface area (Å²) in [7, 11) is 1.67. The van der Waals surface area contributed by atoms with Gasteiger partial charge in [0, 0.05) is 27.8 Å². The fraction of sp³-hybridized carbons (Fsp3) is 0.300. The van der Waals surface area contributed by atoms with Crippen molar-refractivity contribution in [2.45, 2.75) is 4.90 Å². The first kappa shape index (κ1) is 12.5. The van der Waals surface area contributed by atoms with Gasteiger partial charge in [-0.2, -0.15) is 0 Å². The van der Waals surface area contributed by atoms with E-state index in [0.717, 1.165) is 20.7 Å². The molecule has 0 aromatic heterocycles. The summed E-state index contributed by atoms with van der Waals surface area (Å²) in [4.78, 5) is 1.02. The van der Waals surface area contributed by atoms with Crippen molar-refractivity contribution >= 4 is 33.5 Å². The Morgan fingerprint density at radius 3 is 2.93 bits per heavy atom. The number of methoxy groups -OCH3 is 1. The number of benzene rings is 1. The molecule has 0 unspecified atom stereocenters. The maximum Gasteiger partial charge on any atom is 0.123 e. The molecule has 0 heterocycles. The molecule has 1 rings (SSSR count). The van der Waals surface area contributed by atoms with Crippen LogP contribution >= 0.6 is 27.7 Å². The molecular formula is C10H13BrN2OS. The van der Waals surface area contributed by atoms with Crippen molar-refractivity contribution < 1.29 is 4.74 Å². The van der Waals surface area contributed by atoms with E-state index in [4.69, 9.17) is 15.9 Å². The number of amidine groups is 1. The van der Waals surface area contributed by atoms with E-state index in [1.54, 1.807) is 18.9 Å². The molecule has 1 aromatic carbocycles. The zero-order valence-corrected chi connectivity index (χ0v) is 10.8. The third-order valence-electron chi connectivity index (χ3n) is 1.78. The van der Waals surface area contributed by atoms with Crippen molar-refractivity contribution in [3.05, 3.63) is 28.2 Å². The van der Waals surface area contributed by atoms with Crippen LogP contribution in [0.3, 0.4) is 0 Å². The molecule has 0 aliphatic carbocycles. The van der Waals surface area contributed by atoms with Crippen LogP contribution in [0.25, 0.3) is 0 Å². The molecule has 3 N–H and O–H groups in total. The highest BCUT2D eigenvalue weighted by Gasteiger charge is 2.06. The van der Waals surface area contributed by atoms with E-state index in [-0.39, 0.29) is 5.84 Å². The van der Waals surface area contributed by atoms with Gasteiger partial charge in [-0.1, -0.05) is 15.9 Å². The van der Waals surface area contributed by atoms with Gasteiger partial charge in [-0.25, -0.2) is 0 Å². The van der Waals surface area contributed by atoms with Gasteiger partial charge in [-0.15, -0.1) is 11.8 Å². The summed E-state index contributed by atoms with van der Waals surface area (Å²) >= 11 is 5.00. The fourth-order valence-electron chi connectivity index (χ4n) is 1.07. The number of thioether (sulfide) groups is 1. The summed E-state index contributed by atoms with van der Waals surface area (Å²) in [6.45, 7) is 0.693. The first-order valence-corrected chi connectivity index (χ1v) is 6.18. The molecule has 15 heavy (non-hydrogen) atoms. The first-order valence-electron chi connectivity index (χ1n) is 4.41. The molecular weight excluding hydrogens is 276 g/mol. The molecule has 5 heteroatoms. The molecule has 0 amide bonds. The summed E-state index contributed by atoms with van der Waals surface area (Å²) in [5.41, 5.74) is 6.27. The van der Waals surface area contributed by atoms with Crippen LogP contribution in [0.4, 0.5) is 0 Å². The second-order valence-corrected chi connectivity index (χ2v) is 4.95. The zero-order chi connectivity index (χ0) is 11.3. The lowest BCUT2D eigenvalue weighted by atomic mass is 10.2. The Hall–Kier alpha value is -0.520. The van der Waals surface area contributed by atoms with E-state index in [2.05, 4.69) is 15.9 Å². The van der Waals surface area contributed by atoms with Gasteiger partial charge in [0.1, 0.15) is 5.84 Å². The predicted octanol–water partition coefficient (Wildman–Crippen LogP) is 2.47. The third-order valence-corrected chi connectivity index (χ3v) is 3.31. The molecule has 0 bridgehead atoms. The highest BCUT2D eigenvalue weighted by molar-refractivity contribution is 9.10. The second-order valence-electron chi connectivity index (χ2n) is 2.90. The zero-order valence-electron chi connectivity index (χ0n) is 8.42. The van der Waals surface area contributed by atoms with E-state index in [1.807, 2.05) is 18.2 Å². The van der Waals surface area contributed by atoms with Gasteiger partial charge in [0.2, 0.25) is 0 Å². The molecule has 0 fully saturated rings. The highest BCUT2D eigenvalue weighted by atomic mass is 79.9. The summed E-state index contributed by atoms with van der Waals surface area (Å²) < 4.78 is 5.91. The summed E-state index contributed by atoms with van der Waals surface area (Å²) in [6.07, 6.45) is 0. The number of hydrogen-bond donors (Lipinski definition) is 2. The number of nitrogen functional groups attached to an aromatic ring is 1. The van der Waals surface area contributed by atoms with Gasteiger partial charge in [0.15, 0.2) is 0 Å². The first-order chi connectivity index (χ1) is 7.15. The second kappa shape index (κ2) is 6.15. The molecule has 0 saturated carbocycles. The number of halogens is 1. The SMILES string of the molecule is COCCSc1ccc(Br)cc1C(=N)N. The van der Waals surface area contributed by atoms with Gasteiger partial charge in [-0.3, -0.25) is 5.41 Å². The average Bonchev–Trinajstić information content (AvgIpc) is 2.20. The van der Waals surface area contributed by atoms with Crippen LogP contribution in [-0.4, -0.2) is 25.3 Å². The molecule has 3 nitrogen and oxygen atoms in total. The third kappa shape index (κ3) is 3.85. The fourth-order valence-corrected chi connectivity index (χ4v) is 2.39. The van der Waals surface area contributed by atoms with Gasteiger partial charge < -0.3 is 10.5 Å². The number of nitrogens with one attached hydrogen (secondary N) is 1. The lowest BCUT2D eigenvalue weighted by Gasteiger charge is -2.07. The summed E-state index contributed by atoms with van der Waals surface area (Å²) in [5.74, 6) is 0.953. The molecule has 82 valence electrons. The lowest BCUT2D eigenvalue weighted by molar-refractivity contribution is 0.218. The standard InChI is InChI=1S/C10H13BrN2OS/c1-14-4-5-15-9-3-2-7(11)6-8(9)10(12)13/h2-3,6H,4-5H2,1H3,(H3,12,13). The minimum Gasteiger partial charge on any atom is -0.384 e. The Morgan fingerprint density at radius 2 is 2.33 bits per heavy atom. The molecule has 1 aromatic rings. The van der Waals surface area contributed by atoms with Crippen LogP contribution in [-0.2, 0) is 4.74 Å². The minimum absolute atomic E-state index is 0.0937. The molecule has 0 aliphatic heterocycles. The predicted molar refractivity (Wildman–Crippen MR) is 67.8 cm³/mol. The Balaban J connectivity index is 2.81. The lowest BCUT2D eigenvalue weighted by Crippen LogP contribution is -2.12. The Bertz CT molecular complexity index is 357. The van der Waals surface area contributed by atoms with E-state index >= 15 is 0 Å². The highest BCUT2D eigenvalue weighted by Crippen LogP contribution is 2.25. The van der Waals surface area contributed by atoms with Crippen LogP contribution in [0.1, 0.15) is 5.56 Å². The monoisotopic (exact) mass is 288 g/mol. The molecule has 0 radical (unpaired) electrons. The van der Waals surface area contributed by atoms with E-state index in [9.17, 15) is 0 Å². The topological polar surface area (TPSA) is 59.1 Å². The van der Waals surface area contributed by atoms with Crippen molar-refractivity contribution in [3.63, 3.8) is 0 Å². The molecule has 0 aliphatic rings. The molecule has 0 spiro atoms. The normalized spacial score (nSPS) is 10.3. The van der Waals surface area contributed by atoms with E-state index in [1.165, 1.54) is 0 Å². The summed E-state index contributed by atoms with van der Waals surface area (Å²) in [5, 5.41) is 7.47. The quantitative estimate of drug-likeness (QED) is 0.379. The number of nitrogens with two attached hydrogens (primary N) is 1. The van der Waals surface area contributed by atoms with E-state index in [0.29, 0.717) is 6.61 Å². The number of hydrogen-bond acceptors (Lipinski definition) is 3. The van der Waals surface area contributed by atoms with Crippen molar-refractivity contribution in [3.8, 4) is 0 Å². The maximum atomic E-state index is 7.47. The van der Waals surface area contributed by atoms with Crippen LogP contribution in [0.5, 0.6) is 0 Å². The van der Waals surface area contributed by atoms with Crippen LogP contribution in [0, 0.1) is 5.41 Å². The van der Waals surface area contributed by atoms with E-state index < -0.39 is 0 Å². The van der Waals surface area contributed by atoms with Gasteiger partial charge in [0.25, 0.3) is 0 Å². The van der Waals surface area contributed by atoms with Crippen molar-refractivity contribution in [2.24, 2.45) is 5.73 Å². The van der Waals surface area contributed by atoms with Crippen LogP contribution in [0.15, 0.2) is 27.6 Å². The molecule has 0 atom stereocenters. The average molecular weight is 289 g/mol. The minimum atomic E-state index is 0.0937. The number of rotatable bonds is 5. The Morgan fingerprint density at radius 1 is 1.60 bits per heavy atom. The Labute approximate surface area is 102 Å². The van der Waals surface area contributed by atoms with Crippen molar-refractivity contribution in [2.75, 3.05) is 19.5 Å². The smallest absolute Gasteiger partial charge is 0.123 e. The van der Waals surface area contributed by atoms with Crippen molar-refractivity contribution in [1.29, 1.82) is 5.41 Å². The van der Waals surface area contributed by atoms with Gasteiger partial charge >= 0.3 is 0 Å². The van der Waals surface area contributed by atoms with Crippen LogP contribution < -0.4 is 5.73 Å². The van der Waals surface area contributed by atoms with Gasteiger partial charge in [0.05, 0.1) is 6.61 Å². The van der Waals surface area contributed by atoms with Crippen LogP contribution in [0.2, 0.25) is 0 Å². The van der Waals surface area contributed by atoms with Crippen molar-refractivity contribution in [1.82, 2.24) is 0 Å². The largest absolute Gasteiger partial charge is 0.384 e. The number of ether oxygens (including phenoxy) is 1. The van der Waals surface area contributed by atoms with Gasteiger partial charge in [-0.05, 0) is 18.2 Å².